The minimum atomic E-state index is -0.496. The van der Waals surface area contributed by atoms with Crippen LogP contribution in [0.4, 0.5) is 0 Å². The van der Waals surface area contributed by atoms with Gasteiger partial charge in [-0.1, -0.05) is 18.2 Å². The van der Waals surface area contributed by atoms with Gasteiger partial charge in [0.1, 0.15) is 23.0 Å². The second-order valence-corrected chi connectivity index (χ2v) is 4.71. The van der Waals surface area contributed by atoms with Crippen molar-refractivity contribution < 1.29 is 24.1 Å². The summed E-state index contributed by atoms with van der Waals surface area (Å²) in [6.07, 6.45) is 1.58. The SMILES string of the molecule is COc1cc(OC)c2c(c1)OC(=O)/C2=C\c1ccccc1O. The minimum Gasteiger partial charge on any atom is -0.507 e. The van der Waals surface area contributed by atoms with Crippen molar-refractivity contribution in [3.63, 3.8) is 0 Å². The molecule has 5 nitrogen and oxygen atoms in total. The lowest BCUT2D eigenvalue weighted by molar-refractivity contribution is -0.126. The van der Waals surface area contributed by atoms with Gasteiger partial charge in [-0.05, 0) is 12.1 Å². The highest BCUT2D eigenvalue weighted by molar-refractivity contribution is 6.27. The average molecular weight is 298 g/mol. The Balaban J connectivity index is 2.18. The fraction of sp³-hybridized carbons (Fsp3) is 0.118. The third-order valence-electron chi connectivity index (χ3n) is 3.42. The number of hydrogen-bond donors (Lipinski definition) is 1. The summed E-state index contributed by atoms with van der Waals surface area (Å²) in [6.45, 7) is 0. The van der Waals surface area contributed by atoms with Crippen molar-refractivity contribution >= 4 is 17.6 Å². The zero-order chi connectivity index (χ0) is 15.7. The first kappa shape index (κ1) is 14.0. The van der Waals surface area contributed by atoms with E-state index in [1.54, 1.807) is 42.5 Å². The monoisotopic (exact) mass is 298 g/mol. The number of para-hydroxylation sites is 1. The Labute approximate surface area is 127 Å². The second-order valence-electron chi connectivity index (χ2n) is 4.71. The van der Waals surface area contributed by atoms with Crippen LogP contribution in [0.5, 0.6) is 23.0 Å². The van der Waals surface area contributed by atoms with Crippen molar-refractivity contribution in [1.29, 1.82) is 0 Å². The van der Waals surface area contributed by atoms with Crippen LogP contribution in [0, 0.1) is 0 Å². The lowest BCUT2D eigenvalue weighted by Crippen LogP contribution is -2.00. The Kier molecular flexibility index (Phi) is 3.47. The number of methoxy groups -OCH3 is 2. The fourth-order valence-electron chi connectivity index (χ4n) is 2.34. The number of phenolic OH excluding ortho intramolecular Hbond substituents is 1. The van der Waals surface area contributed by atoms with Gasteiger partial charge in [-0.3, -0.25) is 0 Å². The van der Waals surface area contributed by atoms with Crippen molar-refractivity contribution in [1.82, 2.24) is 0 Å². The van der Waals surface area contributed by atoms with E-state index < -0.39 is 5.97 Å². The Morgan fingerprint density at radius 2 is 1.91 bits per heavy atom. The maximum absolute atomic E-state index is 12.1. The number of phenols is 1. The lowest BCUT2D eigenvalue weighted by Gasteiger charge is -2.08. The zero-order valence-corrected chi connectivity index (χ0v) is 12.1. The number of hydrogen-bond acceptors (Lipinski definition) is 5. The molecule has 0 amide bonds. The molecule has 0 bridgehead atoms. The molecule has 0 spiro atoms. The third-order valence-corrected chi connectivity index (χ3v) is 3.42. The molecule has 0 saturated carbocycles. The summed E-state index contributed by atoms with van der Waals surface area (Å²) in [6, 6.07) is 10.1. The van der Waals surface area contributed by atoms with E-state index in [4.69, 9.17) is 14.2 Å². The molecule has 0 aromatic heterocycles. The maximum atomic E-state index is 12.1. The van der Waals surface area contributed by atoms with E-state index in [2.05, 4.69) is 0 Å². The summed E-state index contributed by atoms with van der Waals surface area (Å²) in [5, 5.41) is 9.87. The summed E-state index contributed by atoms with van der Waals surface area (Å²) >= 11 is 0. The summed E-state index contributed by atoms with van der Waals surface area (Å²) < 4.78 is 15.8. The molecule has 0 fully saturated rings. The first-order valence-corrected chi connectivity index (χ1v) is 6.62. The van der Waals surface area contributed by atoms with Gasteiger partial charge < -0.3 is 19.3 Å². The van der Waals surface area contributed by atoms with Gasteiger partial charge in [-0.2, -0.15) is 0 Å². The number of carbonyl (C=O) groups excluding carboxylic acids is 1. The molecular formula is C17H14O5. The van der Waals surface area contributed by atoms with Crippen molar-refractivity contribution in [2.24, 2.45) is 0 Å². The van der Waals surface area contributed by atoms with Gasteiger partial charge in [0.25, 0.3) is 0 Å². The van der Waals surface area contributed by atoms with Gasteiger partial charge in [-0.25, -0.2) is 4.79 Å². The fourth-order valence-corrected chi connectivity index (χ4v) is 2.34. The smallest absolute Gasteiger partial charge is 0.344 e. The van der Waals surface area contributed by atoms with Crippen LogP contribution in [0.1, 0.15) is 11.1 Å². The molecule has 0 unspecified atom stereocenters. The Morgan fingerprint density at radius 1 is 1.14 bits per heavy atom. The molecule has 0 atom stereocenters. The molecule has 1 N–H and O–H groups in total. The molecule has 1 aliphatic heterocycles. The summed E-state index contributed by atoms with van der Waals surface area (Å²) in [5.41, 5.74) is 1.41. The second kappa shape index (κ2) is 5.44. The molecule has 0 aliphatic carbocycles. The van der Waals surface area contributed by atoms with E-state index in [1.165, 1.54) is 14.2 Å². The maximum Gasteiger partial charge on any atom is 0.344 e. The van der Waals surface area contributed by atoms with Gasteiger partial charge >= 0.3 is 5.97 Å². The summed E-state index contributed by atoms with van der Waals surface area (Å²) in [5.74, 6) is 0.977. The van der Waals surface area contributed by atoms with Crippen molar-refractivity contribution in [2.75, 3.05) is 14.2 Å². The Bertz CT molecular complexity index is 777. The van der Waals surface area contributed by atoms with Crippen molar-refractivity contribution in [2.45, 2.75) is 0 Å². The van der Waals surface area contributed by atoms with Gasteiger partial charge in [-0.15, -0.1) is 0 Å². The van der Waals surface area contributed by atoms with E-state index in [0.29, 0.717) is 33.9 Å². The topological polar surface area (TPSA) is 65.0 Å². The van der Waals surface area contributed by atoms with Gasteiger partial charge in [0.2, 0.25) is 0 Å². The van der Waals surface area contributed by atoms with Gasteiger partial charge in [0.05, 0.1) is 25.4 Å². The highest BCUT2D eigenvalue weighted by atomic mass is 16.5. The molecule has 5 heteroatoms. The molecule has 0 saturated heterocycles. The molecule has 0 radical (unpaired) electrons. The number of aromatic hydroxyl groups is 1. The van der Waals surface area contributed by atoms with E-state index >= 15 is 0 Å². The van der Waals surface area contributed by atoms with E-state index in [0.717, 1.165) is 0 Å². The molecule has 3 rings (SSSR count). The van der Waals surface area contributed by atoms with Crippen molar-refractivity contribution in [3.05, 3.63) is 47.5 Å². The molecular weight excluding hydrogens is 284 g/mol. The largest absolute Gasteiger partial charge is 0.507 e. The highest BCUT2D eigenvalue weighted by Crippen LogP contribution is 2.44. The van der Waals surface area contributed by atoms with Crippen LogP contribution in [0.3, 0.4) is 0 Å². The molecule has 2 aromatic carbocycles. The molecule has 1 heterocycles. The van der Waals surface area contributed by atoms with Crippen LogP contribution in [-0.4, -0.2) is 25.3 Å². The number of rotatable bonds is 3. The van der Waals surface area contributed by atoms with Gasteiger partial charge in [0.15, 0.2) is 0 Å². The van der Waals surface area contributed by atoms with E-state index in [-0.39, 0.29) is 5.75 Å². The van der Waals surface area contributed by atoms with Crippen LogP contribution < -0.4 is 14.2 Å². The number of carbonyl (C=O) groups is 1. The van der Waals surface area contributed by atoms with Crippen LogP contribution >= 0.6 is 0 Å². The molecule has 1 aliphatic rings. The average Bonchev–Trinajstić information content (AvgIpc) is 2.84. The first-order chi connectivity index (χ1) is 10.6. The predicted octanol–water partition coefficient (Wildman–Crippen LogP) is 2.87. The van der Waals surface area contributed by atoms with Crippen molar-refractivity contribution in [3.8, 4) is 23.0 Å². The van der Waals surface area contributed by atoms with Crippen LogP contribution in [0.15, 0.2) is 36.4 Å². The zero-order valence-electron chi connectivity index (χ0n) is 12.1. The number of esters is 1. The predicted molar refractivity (Wildman–Crippen MR) is 81.2 cm³/mol. The normalized spacial score (nSPS) is 14.6. The van der Waals surface area contributed by atoms with E-state index in [9.17, 15) is 9.90 Å². The number of benzene rings is 2. The highest BCUT2D eigenvalue weighted by Gasteiger charge is 2.31. The van der Waals surface area contributed by atoms with Crippen LogP contribution in [0.25, 0.3) is 11.6 Å². The quantitative estimate of drug-likeness (QED) is 0.536. The Morgan fingerprint density at radius 3 is 2.59 bits per heavy atom. The Hall–Kier alpha value is -2.95. The lowest BCUT2D eigenvalue weighted by atomic mass is 10.0. The van der Waals surface area contributed by atoms with E-state index in [1.807, 2.05) is 0 Å². The third kappa shape index (κ3) is 2.26. The standard InChI is InChI=1S/C17H14O5/c1-20-11-8-14(21-2)16-12(17(19)22-15(16)9-11)7-10-5-3-4-6-13(10)18/h3-9,18H,1-2H3/b12-7-. The summed E-state index contributed by atoms with van der Waals surface area (Å²) in [4.78, 5) is 12.1. The number of ether oxygens (including phenoxy) is 3. The summed E-state index contributed by atoms with van der Waals surface area (Å²) in [7, 11) is 3.03. The van der Waals surface area contributed by atoms with Gasteiger partial charge in [0, 0.05) is 17.7 Å². The number of fused-ring (bicyclic) bond motifs is 1. The minimum absolute atomic E-state index is 0.0868. The van der Waals surface area contributed by atoms with Crippen LogP contribution in [-0.2, 0) is 4.79 Å². The van der Waals surface area contributed by atoms with Crippen LogP contribution in [0.2, 0.25) is 0 Å². The molecule has 112 valence electrons. The first-order valence-electron chi connectivity index (χ1n) is 6.62. The molecule has 22 heavy (non-hydrogen) atoms. The molecule has 2 aromatic rings.